The summed E-state index contributed by atoms with van der Waals surface area (Å²) >= 11 is 0. The van der Waals surface area contributed by atoms with Crippen molar-refractivity contribution in [2.75, 3.05) is 5.73 Å². The van der Waals surface area contributed by atoms with Crippen LogP contribution in [0.4, 0.5) is 17.1 Å². The van der Waals surface area contributed by atoms with E-state index in [4.69, 9.17) is 10.3 Å². The number of hydrogen-bond donors (Lipinski definition) is 3. The van der Waals surface area contributed by atoms with Gasteiger partial charge in [-0.25, -0.2) is 0 Å². The van der Waals surface area contributed by atoms with Crippen LogP contribution in [-0.4, -0.2) is 25.9 Å². The molecule has 0 atom stereocenters. The molecule has 4 N–H and O–H groups in total. The summed E-state index contributed by atoms with van der Waals surface area (Å²) in [4.78, 5) is -2.29. The summed E-state index contributed by atoms with van der Waals surface area (Å²) in [6.45, 7) is 0. The van der Waals surface area contributed by atoms with Gasteiger partial charge in [-0.3, -0.25) is 9.11 Å². The van der Waals surface area contributed by atoms with E-state index in [0.717, 1.165) is 12.1 Å². The highest BCUT2D eigenvalue weighted by Crippen LogP contribution is 2.35. The third kappa shape index (κ3) is 3.90. The van der Waals surface area contributed by atoms with Crippen LogP contribution in [0, 0.1) is 0 Å². The molecule has 2 aromatic rings. The number of nitrogen functional groups attached to an aromatic ring is 1. The Kier molecular flexibility index (Phi) is 4.47. The summed E-state index contributed by atoms with van der Waals surface area (Å²) in [5.74, 6) is 0. The molecular weight excluding hydrogens is 346 g/mol. The number of azo groups is 1. The van der Waals surface area contributed by atoms with Crippen LogP contribution in [0.2, 0.25) is 0 Å². The van der Waals surface area contributed by atoms with Crippen molar-refractivity contribution in [1.29, 1.82) is 0 Å². The molecule has 0 radical (unpaired) electrons. The van der Waals surface area contributed by atoms with E-state index >= 15 is 0 Å². The summed E-state index contributed by atoms with van der Waals surface area (Å²) in [7, 11) is -10.1. The van der Waals surface area contributed by atoms with Crippen molar-refractivity contribution >= 4 is 37.3 Å². The lowest BCUT2D eigenvalue weighted by Gasteiger charge is -2.09. The molecule has 0 aliphatic carbocycles. The van der Waals surface area contributed by atoms with Crippen molar-refractivity contribution < 1.29 is 25.9 Å². The SMILES string of the molecule is Nc1ccc(N=Nc2ccccc2)c(S(=O)(=O)O)c1S(=O)(=O)O. The van der Waals surface area contributed by atoms with E-state index in [1.807, 2.05) is 0 Å². The van der Waals surface area contributed by atoms with Gasteiger partial charge >= 0.3 is 0 Å². The van der Waals surface area contributed by atoms with E-state index in [1.165, 1.54) is 0 Å². The van der Waals surface area contributed by atoms with Crippen LogP contribution >= 0.6 is 0 Å². The molecule has 0 aliphatic rings. The molecule has 0 saturated carbocycles. The fourth-order valence-electron chi connectivity index (χ4n) is 1.77. The van der Waals surface area contributed by atoms with Gasteiger partial charge in [-0.2, -0.15) is 21.9 Å². The Labute approximate surface area is 132 Å². The summed E-state index contributed by atoms with van der Waals surface area (Å²) in [6.07, 6.45) is 0. The van der Waals surface area contributed by atoms with Gasteiger partial charge in [-0.05, 0) is 24.3 Å². The molecule has 0 saturated heterocycles. The average Bonchev–Trinajstić information content (AvgIpc) is 2.44. The van der Waals surface area contributed by atoms with E-state index in [-0.39, 0.29) is 0 Å². The first kappa shape index (κ1) is 17.0. The van der Waals surface area contributed by atoms with Gasteiger partial charge in [-0.15, -0.1) is 5.11 Å². The lowest BCUT2D eigenvalue weighted by molar-refractivity contribution is 0.467. The standard InChI is InChI=1S/C12H11N3O6S2/c13-9-6-7-10(15-14-8-4-2-1-3-5-8)12(23(19,20)21)11(9)22(16,17)18/h1-7H,13H2,(H,16,17,18)(H,19,20,21). The molecule has 11 heteroatoms. The molecule has 9 nitrogen and oxygen atoms in total. The summed E-state index contributed by atoms with van der Waals surface area (Å²) < 4.78 is 64.2. The second-order valence-electron chi connectivity index (χ2n) is 4.32. The summed E-state index contributed by atoms with van der Waals surface area (Å²) in [5, 5.41) is 7.35. The van der Waals surface area contributed by atoms with Gasteiger partial charge in [0, 0.05) is 0 Å². The van der Waals surface area contributed by atoms with Crippen LogP contribution in [0.25, 0.3) is 0 Å². The van der Waals surface area contributed by atoms with Gasteiger partial charge in [-0.1, -0.05) is 18.2 Å². The molecule has 2 rings (SSSR count). The second-order valence-corrected chi connectivity index (χ2v) is 7.03. The number of nitrogens with zero attached hydrogens (tertiary/aromatic N) is 2. The van der Waals surface area contributed by atoms with E-state index in [0.29, 0.717) is 5.69 Å². The first-order valence-electron chi connectivity index (χ1n) is 5.95. The predicted molar refractivity (Wildman–Crippen MR) is 81.1 cm³/mol. The van der Waals surface area contributed by atoms with Crippen molar-refractivity contribution in [3.63, 3.8) is 0 Å². The Morgan fingerprint density at radius 1 is 0.783 bits per heavy atom. The molecule has 0 heterocycles. The third-order valence-electron chi connectivity index (χ3n) is 2.67. The predicted octanol–water partition coefficient (Wildman–Crippen LogP) is 2.18. The molecule has 0 bridgehead atoms. The monoisotopic (exact) mass is 357 g/mol. The Bertz CT molecular complexity index is 969. The molecule has 0 aliphatic heterocycles. The highest BCUT2D eigenvalue weighted by molar-refractivity contribution is 7.89. The molecule has 122 valence electrons. The van der Waals surface area contributed by atoms with Crippen molar-refractivity contribution in [2.45, 2.75) is 9.79 Å². The van der Waals surface area contributed by atoms with Gasteiger partial charge in [0.2, 0.25) is 0 Å². The van der Waals surface area contributed by atoms with Gasteiger partial charge < -0.3 is 5.73 Å². The van der Waals surface area contributed by atoms with E-state index in [2.05, 4.69) is 10.2 Å². The molecule has 0 aromatic heterocycles. The molecule has 23 heavy (non-hydrogen) atoms. The summed E-state index contributed by atoms with van der Waals surface area (Å²) in [6, 6.07) is 10.3. The van der Waals surface area contributed by atoms with Crippen LogP contribution in [0.3, 0.4) is 0 Å². The first-order chi connectivity index (χ1) is 10.6. The van der Waals surface area contributed by atoms with Crippen LogP contribution < -0.4 is 5.73 Å². The zero-order chi connectivity index (χ0) is 17.3. The fraction of sp³-hybridized carbons (Fsp3) is 0. The van der Waals surface area contributed by atoms with E-state index in [9.17, 15) is 21.4 Å². The third-order valence-corrected chi connectivity index (χ3v) is 4.68. The lowest BCUT2D eigenvalue weighted by atomic mass is 10.3. The van der Waals surface area contributed by atoms with Gasteiger partial charge in [0.1, 0.15) is 15.5 Å². The van der Waals surface area contributed by atoms with Crippen LogP contribution in [0.1, 0.15) is 0 Å². The highest BCUT2D eigenvalue weighted by Gasteiger charge is 2.30. The quantitative estimate of drug-likeness (QED) is 0.429. The Morgan fingerprint density at radius 2 is 1.35 bits per heavy atom. The van der Waals surface area contributed by atoms with Crippen molar-refractivity contribution in [3.8, 4) is 0 Å². The summed E-state index contributed by atoms with van der Waals surface area (Å²) in [5.41, 5.74) is 4.71. The Hall–Kier alpha value is -2.34. The minimum absolute atomic E-state index is 0.360. The van der Waals surface area contributed by atoms with Gasteiger partial charge in [0.15, 0.2) is 0 Å². The van der Waals surface area contributed by atoms with Crippen LogP contribution in [0.15, 0.2) is 62.5 Å². The van der Waals surface area contributed by atoms with Gasteiger partial charge in [0.25, 0.3) is 20.2 Å². The van der Waals surface area contributed by atoms with Crippen LogP contribution in [0.5, 0.6) is 0 Å². The maximum Gasteiger partial charge on any atom is 0.298 e. The molecular formula is C12H11N3O6S2. The largest absolute Gasteiger partial charge is 0.398 e. The Balaban J connectivity index is 2.73. The van der Waals surface area contributed by atoms with Crippen molar-refractivity contribution in [1.82, 2.24) is 0 Å². The second kappa shape index (κ2) is 6.04. The molecule has 2 aromatic carbocycles. The van der Waals surface area contributed by atoms with Crippen molar-refractivity contribution in [3.05, 3.63) is 42.5 Å². The fourth-order valence-corrected chi connectivity index (χ4v) is 3.83. The maximum atomic E-state index is 11.5. The van der Waals surface area contributed by atoms with E-state index < -0.39 is 41.4 Å². The number of rotatable bonds is 4. The number of nitrogens with two attached hydrogens (primary N) is 1. The highest BCUT2D eigenvalue weighted by atomic mass is 32.2. The number of benzene rings is 2. The topological polar surface area (TPSA) is 159 Å². The maximum absolute atomic E-state index is 11.5. The molecule has 0 spiro atoms. The van der Waals surface area contributed by atoms with Gasteiger partial charge in [0.05, 0.1) is 11.4 Å². The number of hydrogen-bond acceptors (Lipinski definition) is 7. The molecule has 0 amide bonds. The average molecular weight is 357 g/mol. The smallest absolute Gasteiger partial charge is 0.298 e. The zero-order valence-corrected chi connectivity index (χ0v) is 13.0. The van der Waals surface area contributed by atoms with E-state index in [1.54, 1.807) is 30.3 Å². The lowest BCUT2D eigenvalue weighted by Crippen LogP contribution is -2.11. The molecule has 0 unspecified atom stereocenters. The minimum Gasteiger partial charge on any atom is -0.398 e. The normalized spacial score (nSPS) is 12.6. The Morgan fingerprint density at radius 3 is 1.87 bits per heavy atom. The zero-order valence-electron chi connectivity index (χ0n) is 11.4. The minimum atomic E-state index is -5.05. The van der Waals surface area contributed by atoms with Crippen LogP contribution in [-0.2, 0) is 20.2 Å². The number of anilines is 1. The first-order valence-corrected chi connectivity index (χ1v) is 8.83. The van der Waals surface area contributed by atoms with Crippen molar-refractivity contribution in [2.24, 2.45) is 10.2 Å². The molecule has 0 fully saturated rings.